The summed E-state index contributed by atoms with van der Waals surface area (Å²) in [7, 11) is 0. The van der Waals surface area contributed by atoms with Gasteiger partial charge < -0.3 is 0 Å². The number of aryl methyl sites for hydroxylation is 1. The molecule has 0 unspecified atom stereocenters. The highest BCUT2D eigenvalue weighted by Crippen LogP contribution is 2.14. The van der Waals surface area contributed by atoms with Crippen molar-refractivity contribution in [1.82, 2.24) is 9.97 Å². The highest BCUT2D eigenvalue weighted by atomic mass is 14.9. The second kappa shape index (κ2) is 2.83. The molecule has 0 atom stereocenters. The zero-order valence-corrected chi connectivity index (χ0v) is 7.15. The van der Waals surface area contributed by atoms with Gasteiger partial charge in [0, 0.05) is 11.6 Å². The van der Waals surface area contributed by atoms with E-state index in [0.29, 0.717) is 5.56 Å². The van der Waals surface area contributed by atoms with Crippen molar-refractivity contribution in [3.63, 3.8) is 0 Å². The molecule has 0 N–H and O–H groups in total. The molecule has 1 aromatic carbocycles. The van der Waals surface area contributed by atoms with E-state index in [4.69, 9.17) is 5.26 Å². The van der Waals surface area contributed by atoms with E-state index in [-0.39, 0.29) is 0 Å². The van der Waals surface area contributed by atoms with Crippen LogP contribution in [0.1, 0.15) is 11.4 Å². The Morgan fingerprint density at radius 3 is 3.00 bits per heavy atom. The molecule has 0 spiro atoms. The van der Waals surface area contributed by atoms with Gasteiger partial charge in [0.15, 0.2) is 0 Å². The van der Waals surface area contributed by atoms with Crippen LogP contribution in [-0.4, -0.2) is 9.97 Å². The summed E-state index contributed by atoms with van der Waals surface area (Å²) < 4.78 is 0. The predicted octanol–water partition coefficient (Wildman–Crippen LogP) is 1.81. The number of rotatable bonds is 0. The molecule has 62 valence electrons. The van der Waals surface area contributed by atoms with Gasteiger partial charge in [-0.05, 0) is 19.1 Å². The van der Waals surface area contributed by atoms with Crippen molar-refractivity contribution < 1.29 is 0 Å². The van der Waals surface area contributed by atoms with Crippen molar-refractivity contribution in [3.8, 4) is 6.07 Å². The Bertz CT molecular complexity index is 497. The van der Waals surface area contributed by atoms with Gasteiger partial charge in [0.1, 0.15) is 5.82 Å². The zero-order valence-electron chi connectivity index (χ0n) is 7.15. The molecule has 1 heterocycles. The molecule has 13 heavy (non-hydrogen) atoms. The summed E-state index contributed by atoms with van der Waals surface area (Å²) in [4.78, 5) is 8.28. The average Bonchev–Trinajstić information content (AvgIpc) is 2.16. The highest BCUT2D eigenvalue weighted by molar-refractivity contribution is 5.83. The van der Waals surface area contributed by atoms with E-state index in [1.807, 2.05) is 19.1 Å². The molecule has 1 aromatic heterocycles. The lowest BCUT2D eigenvalue weighted by molar-refractivity contribution is 1.09. The van der Waals surface area contributed by atoms with Crippen LogP contribution in [0.25, 0.3) is 10.9 Å². The molecular formula is C10H7N3. The lowest BCUT2D eigenvalue weighted by Gasteiger charge is -1.98. The lowest BCUT2D eigenvalue weighted by atomic mass is 10.1. The molecule has 0 amide bonds. The molecule has 2 aromatic rings. The average molecular weight is 169 g/mol. The van der Waals surface area contributed by atoms with Crippen LogP contribution in [0.15, 0.2) is 24.4 Å². The van der Waals surface area contributed by atoms with E-state index in [1.165, 1.54) is 0 Å². The number of nitrogens with zero attached hydrogens (tertiary/aromatic N) is 3. The summed E-state index contributed by atoms with van der Waals surface area (Å²) in [5.41, 5.74) is 1.45. The van der Waals surface area contributed by atoms with E-state index < -0.39 is 0 Å². The van der Waals surface area contributed by atoms with Crippen molar-refractivity contribution in [2.75, 3.05) is 0 Å². The topological polar surface area (TPSA) is 49.6 Å². The van der Waals surface area contributed by atoms with Crippen LogP contribution < -0.4 is 0 Å². The fourth-order valence-corrected chi connectivity index (χ4v) is 1.24. The number of aromatic nitrogens is 2. The van der Waals surface area contributed by atoms with Gasteiger partial charge in [-0.1, -0.05) is 6.07 Å². The first-order valence-electron chi connectivity index (χ1n) is 3.94. The molecule has 0 aliphatic heterocycles. The maximum Gasteiger partial charge on any atom is 0.125 e. The van der Waals surface area contributed by atoms with Gasteiger partial charge in [0.05, 0.1) is 17.1 Å². The second-order valence-corrected chi connectivity index (χ2v) is 2.77. The van der Waals surface area contributed by atoms with Gasteiger partial charge in [-0.2, -0.15) is 5.26 Å². The van der Waals surface area contributed by atoms with Crippen LogP contribution in [-0.2, 0) is 0 Å². The molecular weight excluding hydrogens is 162 g/mol. The van der Waals surface area contributed by atoms with Crippen molar-refractivity contribution >= 4 is 10.9 Å². The Hall–Kier alpha value is -1.95. The molecule has 0 aliphatic carbocycles. The minimum Gasteiger partial charge on any atom is -0.241 e. The predicted molar refractivity (Wildman–Crippen MR) is 49.0 cm³/mol. The molecule has 2 rings (SSSR count). The van der Waals surface area contributed by atoms with Gasteiger partial charge in [0.2, 0.25) is 0 Å². The number of benzene rings is 1. The number of hydrogen-bond acceptors (Lipinski definition) is 3. The van der Waals surface area contributed by atoms with Gasteiger partial charge in [-0.15, -0.1) is 0 Å². The summed E-state index contributed by atoms with van der Waals surface area (Å²) in [6.07, 6.45) is 1.69. The van der Waals surface area contributed by atoms with Crippen LogP contribution in [0.5, 0.6) is 0 Å². The van der Waals surface area contributed by atoms with Crippen molar-refractivity contribution in [2.45, 2.75) is 6.92 Å². The molecule has 3 nitrogen and oxygen atoms in total. The number of hydrogen-bond donors (Lipinski definition) is 0. The zero-order chi connectivity index (χ0) is 9.26. The molecule has 0 radical (unpaired) electrons. The van der Waals surface area contributed by atoms with E-state index in [9.17, 15) is 0 Å². The third kappa shape index (κ3) is 1.23. The monoisotopic (exact) mass is 169 g/mol. The first kappa shape index (κ1) is 7.69. The van der Waals surface area contributed by atoms with Gasteiger partial charge in [-0.25, -0.2) is 9.97 Å². The Labute approximate surface area is 75.7 Å². The summed E-state index contributed by atoms with van der Waals surface area (Å²) in [5, 5.41) is 9.61. The highest BCUT2D eigenvalue weighted by Gasteiger charge is 2.00. The smallest absolute Gasteiger partial charge is 0.125 e. The van der Waals surface area contributed by atoms with Crippen LogP contribution in [0, 0.1) is 18.3 Å². The van der Waals surface area contributed by atoms with Crippen molar-refractivity contribution in [3.05, 3.63) is 35.8 Å². The lowest BCUT2D eigenvalue weighted by Crippen LogP contribution is -1.89. The van der Waals surface area contributed by atoms with Crippen molar-refractivity contribution in [2.24, 2.45) is 0 Å². The Morgan fingerprint density at radius 1 is 1.38 bits per heavy atom. The minimum absolute atomic E-state index is 0.623. The van der Waals surface area contributed by atoms with E-state index in [0.717, 1.165) is 16.7 Å². The second-order valence-electron chi connectivity index (χ2n) is 2.77. The molecule has 0 fully saturated rings. The molecule has 0 bridgehead atoms. The van der Waals surface area contributed by atoms with Gasteiger partial charge in [0.25, 0.3) is 0 Å². The summed E-state index contributed by atoms with van der Waals surface area (Å²) in [5.74, 6) is 0.725. The first-order valence-corrected chi connectivity index (χ1v) is 3.94. The van der Waals surface area contributed by atoms with Crippen LogP contribution in [0.2, 0.25) is 0 Å². The fraction of sp³-hybridized carbons (Fsp3) is 0.100. The SMILES string of the molecule is Cc1ncc2c(C#N)cccc2n1. The van der Waals surface area contributed by atoms with Gasteiger partial charge in [-0.3, -0.25) is 0 Å². The Kier molecular flexibility index (Phi) is 1.67. The summed E-state index contributed by atoms with van der Waals surface area (Å²) in [6, 6.07) is 7.58. The number of nitriles is 1. The Morgan fingerprint density at radius 2 is 2.23 bits per heavy atom. The standard InChI is InChI=1S/C10H7N3/c1-7-12-6-9-8(5-11)3-2-4-10(9)13-7/h2-4,6H,1H3. The summed E-state index contributed by atoms with van der Waals surface area (Å²) >= 11 is 0. The molecule has 0 saturated heterocycles. The maximum atomic E-state index is 8.80. The maximum absolute atomic E-state index is 8.80. The summed E-state index contributed by atoms with van der Waals surface area (Å²) in [6.45, 7) is 1.83. The largest absolute Gasteiger partial charge is 0.241 e. The Balaban J connectivity index is 2.87. The molecule has 3 heteroatoms. The van der Waals surface area contributed by atoms with E-state index in [2.05, 4.69) is 16.0 Å². The normalized spacial score (nSPS) is 9.85. The first-order chi connectivity index (χ1) is 6.31. The number of fused-ring (bicyclic) bond motifs is 1. The minimum atomic E-state index is 0.623. The molecule has 0 aliphatic rings. The van der Waals surface area contributed by atoms with Crippen molar-refractivity contribution in [1.29, 1.82) is 5.26 Å². The molecule has 0 saturated carbocycles. The van der Waals surface area contributed by atoms with Crippen LogP contribution in [0.4, 0.5) is 0 Å². The van der Waals surface area contributed by atoms with E-state index in [1.54, 1.807) is 12.3 Å². The third-order valence-corrected chi connectivity index (χ3v) is 1.87. The fourth-order valence-electron chi connectivity index (χ4n) is 1.24. The van der Waals surface area contributed by atoms with Crippen LogP contribution in [0.3, 0.4) is 0 Å². The van der Waals surface area contributed by atoms with Gasteiger partial charge >= 0.3 is 0 Å². The van der Waals surface area contributed by atoms with Crippen LogP contribution >= 0.6 is 0 Å². The quantitative estimate of drug-likeness (QED) is 0.604. The third-order valence-electron chi connectivity index (χ3n) is 1.87. The van der Waals surface area contributed by atoms with E-state index >= 15 is 0 Å².